The minimum absolute atomic E-state index is 0.0869. The van der Waals surface area contributed by atoms with E-state index in [9.17, 15) is 13.2 Å². The van der Waals surface area contributed by atoms with Crippen molar-refractivity contribution in [3.63, 3.8) is 0 Å². The van der Waals surface area contributed by atoms with E-state index in [0.717, 1.165) is 61.0 Å². The summed E-state index contributed by atoms with van der Waals surface area (Å²) in [6, 6.07) is 12.8. The first-order valence-electron chi connectivity index (χ1n) is 19.0. The normalized spacial score (nSPS) is 32.0. The standard InChI is InChI=1S/C40H48N4O5S/c1-4-38(16-17-38)50(47,48)41-36(45)25-10-12-28-31(18-25)43-23-40(37(46)44-32-14-15-39(32)22-42(2)21-33(39)44)20-30(40)29-19-26(49-3)11-13-27(29)35(43)34(28)24-8-6-5-7-9-24/h10-13,18-19,24,30,32-33H,4-9,14-17,20-23H2,1-3H3,(H,41,45). The average molecular weight is 697 g/mol. The van der Waals surface area contributed by atoms with E-state index in [2.05, 4.69) is 38.3 Å². The van der Waals surface area contributed by atoms with E-state index in [0.29, 0.717) is 49.2 Å². The predicted molar refractivity (Wildman–Crippen MR) is 192 cm³/mol. The molecule has 10 rings (SSSR count). The van der Waals surface area contributed by atoms with Crippen LogP contribution in [0.4, 0.5) is 0 Å². The number of likely N-dealkylation sites (N-methyl/N-ethyl adjacent to an activating group) is 1. The molecule has 2 saturated heterocycles. The van der Waals surface area contributed by atoms with Gasteiger partial charge in [-0.15, -0.1) is 0 Å². The number of nitrogens with one attached hydrogen (secondary N) is 1. The maximum Gasteiger partial charge on any atom is 0.264 e. The van der Waals surface area contributed by atoms with Gasteiger partial charge < -0.3 is 19.1 Å². The second-order valence-electron chi connectivity index (χ2n) is 17.0. The molecule has 9 nitrogen and oxygen atoms in total. The Balaban J connectivity index is 1.13. The molecule has 264 valence electrons. The number of hydrogen-bond donors (Lipinski definition) is 1. The summed E-state index contributed by atoms with van der Waals surface area (Å²) in [7, 11) is 0.0983. The number of methoxy groups -OCH3 is 1. The van der Waals surface area contributed by atoms with Gasteiger partial charge >= 0.3 is 0 Å². The van der Waals surface area contributed by atoms with Crippen LogP contribution in [0.25, 0.3) is 22.2 Å². The van der Waals surface area contributed by atoms with E-state index in [-0.39, 0.29) is 17.4 Å². The highest BCUT2D eigenvalue weighted by atomic mass is 32.2. The number of aromatic nitrogens is 1. The highest BCUT2D eigenvalue weighted by Gasteiger charge is 2.74. The topological polar surface area (TPSA) is 101 Å². The minimum Gasteiger partial charge on any atom is -0.497 e. The van der Waals surface area contributed by atoms with Crippen molar-refractivity contribution in [2.24, 2.45) is 10.8 Å². The Bertz CT molecular complexity index is 2100. The molecule has 4 saturated carbocycles. The van der Waals surface area contributed by atoms with Crippen LogP contribution < -0.4 is 9.46 Å². The maximum atomic E-state index is 15.1. The largest absolute Gasteiger partial charge is 0.497 e. The highest BCUT2D eigenvalue weighted by Crippen LogP contribution is 2.69. The van der Waals surface area contributed by atoms with Crippen molar-refractivity contribution in [3.8, 4) is 17.0 Å². The first-order valence-corrected chi connectivity index (χ1v) is 20.5. The third-order valence-corrected chi connectivity index (χ3v) is 16.9. The Morgan fingerprint density at radius 1 is 0.980 bits per heavy atom. The average Bonchev–Trinajstić information content (AvgIpc) is 4.02. The van der Waals surface area contributed by atoms with E-state index in [4.69, 9.17) is 4.74 Å². The summed E-state index contributed by atoms with van der Waals surface area (Å²) in [4.78, 5) is 33.6. The number of fused-ring (bicyclic) bond motifs is 7. The van der Waals surface area contributed by atoms with Gasteiger partial charge in [0.1, 0.15) is 5.75 Å². The Morgan fingerprint density at radius 3 is 2.48 bits per heavy atom. The Labute approximate surface area is 294 Å². The van der Waals surface area contributed by atoms with Gasteiger partial charge in [-0.05, 0) is 106 Å². The van der Waals surface area contributed by atoms with Crippen molar-refractivity contribution in [2.75, 3.05) is 27.2 Å². The molecule has 2 aromatic carbocycles. The predicted octanol–water partition coefficient (Wildman–Crippen LogP) is 6.16. The molecule has 4 aliphatic carbocycles. The molecule has 3 aromatic rings. The lowest BCUT2D eigenvalue weighted by atomic mass is 9.53. The quantitative estimate of drug-likeness (QED) is 0.318. The number of hydrogen-bond acceptors (Lipinski definition) is 6. The van der Waals surface area contributed by atoms with Gasteiger partial charge in [0.25, 0.3) is 5.91 Å². The zero-order valence-electron chi connectivity index (χ0n) is 29.5. The first-order chi connectivity index (χ1) is 24.1. The maximum absolute atomic E-state index is 15.1. The summed E-state index contributed by atoms with van der Waals surface area (Å²) >= 11 is 0. The molecule has 0 bridgehead atoms. The molecule has 1 spiro atoms. The van der Waals surface area contributed by atoms with Gasteiger partial charge in [-0.1, -0.05) is 32.3 Å². The van der Waals surface area contributed by atoms with E-state index < -0.39 is 26.1 Å². The molecule has 5 unspecified atom stereocenters. The van der Waals surface area contributed by atoms with Crippen molar-refractivity contribution in [2.45, 2.75) is 113 Å². The zero-order chi connectivity index (χ0) is 34.4. The van der Waals surface area contributed by atoms with E-state index >= 15 is 4.79 Å². The molecular formula is C40H48N4O5S. The summed E-state index contributed by atoms with van der Waals surface area (Å²) in [5.74, 6) is 0.977. The van der Waals surface area contributed by atoms with Crippen LogP contribution in [-0.2, 0) is 21.4 Å². The third-order valence-electron chi connectivity index (χ3n) is 14.6. The number of sulfonamides is 1. The lowest BCUT2D eigenvalue weighted by molar-refractivity contribution is -0.198. The molecule has 6 fully saturated rings. The summed E-state index contributed by atoms with van der Waals surface area (Å²) in [5, 5.41) is 1.11. The van der Waals surface area contributed by atoms with Crippen LogP contribution in [0.3, 0.4) is 0 Å². The van der Waals surface area contributed by atoms with Crippen molar-refractivity contribution in [1.82, 2.24) is 19.1 Å². The number of piperidine rings is 1. The number of likely N-dealkylation sites (tertiary alicyclic amines) is 2. The van der Waals surface area contributed by atoms with Gasteiger partial charge in [0, 0.05) is 59.0 Å². The number of carbonyl (C=O) groups excluding carboxylic acids is 2. The van der Waals surface area contributed by atoms with Crippen molar-refractivity contribution >= 4 is 32.7 Å². The number of nitrogens with zero attached hydrogens (tertiary/aromatic N) is 3. The van der Waals surface area contributed by atoms with Gasteiger partial charge in [0.05, 0.1) is 29.0 Å². The fourth-order valence-corrected chi connectivity index (χ4v) is 13.1. The van der Waals surface area contributed by atoms with Crippen LogP contribution in [0.1, 0.15) is 111 Å². The summed E-state index contributed by atoms with van der Waals surface area (Å²) in [6.45, 7) is 4.45. The summed E-state index contributed by atoms with van der Waals surface area (Å²) in [6.07, 6.45) is 10.6. The van der Waals surface area contributed by atoms with Crippen molar-refractivity contribution in [3.05, 3.63) is 53.1 Å². The van der Waals surface area contributed by atoms with Gasteiger partial charge in [-0.3, -0.25) is 9.59 Å². The Morgan fingerprint density at radius 2 is 1.78 bits per heavy atom. The molecule has 4 heterocycles. The SMILES string of the molecule is CCC1(S(=O)(=O)NC(=O)c2ccc3c(C4CCCCC4)c4n(c3c2)CC2(C(=O)N3C5CCC56CN(C)CC36)CC2c2cc(OC)ccc2-4)CC1. The van der Waals surface area contributed by atoms with Gasteiger partial charge in [-0.25, -0.2) is 13.1 Å². The molecule has 7 aliphatic rings. The fourth-order valence-electron chi connectivity index (χ4n) is 11.5. The monoisotopic (exact) mass is 696 g/mol. The van der Waals surface area contributed by atoms with Crippen LogP contribution in [0.5, 0.6) is 5.75 Å². The molecule has 10 heteroatoms. The smallest absolute Gasteiger partial charge is 0.264 e. The minimum atomic E-state index is -3.80. The van der Waals surface area contributed by atoms with Crippen LogP contribution in [0, 0.1) is 10.8 Å². The number of benzene rings is 2. The summed E-state index contributed by atoms with van der Waals surface area (Å²) in [5.41, 5.74) is 5.80. The Hall–Kier alpha value is -3.37. The van der Waals surface area contributed by atoms with Crippen LogP contribution in [0.15, 0.2) is 36.4 Å². The second kappa shape index (κ2) is 10.4. The number of amides is 2. The Kier molecular flexibility index (Phi) is 6.51. The molecule has 1 aromatic heterocycles. The zero-order valence-corrected chi connectivity index (χ0v) is 30.3. The second-order valence-corrected chi connectivity index (χ2v) is 19.0. The highest BCUT2D eigenvalue weighted by molar-refractivity contribution is 7.91. The third kappa shape index (κ3) is 4.01. The molecule has 3 aliphatic heterocycles. The van der Waals surface area contributed by atoms with E-state index in [1.165, 1.54) is 42.5 Å². The van der Waals surface area contributed by atoms with Crippen LogP contribution >= 0.6 is 0 Å². The number of carbonyl (C=O) groups is 2. The first kappa shape index (κ1) is 31.4. The fraction of sp³-hybridized carbons (Fsp3) is 0.600. The molecular weight excluding hydrogens is 649 g/mol. The lowest BCUT2D eigenvalue weighted by Crippen LogP contribution is -2.78. The van der Waals surface area contributed by atoms with Gasteiger partial charge in [0.15, 0.2) is 0 Å². The van der Waals surface area contributed by atoms with Crippen LogP contribution in [-0.4, -0.2) is 78.7 Å². The van der Waals surface area contributed by atoms with Gasteiger partial charge in [-0.2, -0.15) is 0 Å². The van der Waals surface area contributed by atoms with Crippen LogP contribution in [0.2, 0.25) is 0 Å². The number of ether oxygens (including phenoxy) is 1. The molecule has 0 radical (unpaired) electrons. The lowest BCUT2D eigenvalue weighted by Gasteiger charge is -2.68. The summed E-state index contributed by atoms with van der Waals surface area (Å²) < 4.78 is 36.3. The van der Waals surface area contributed by atoms with Crippen molar-refractivity contribution in [1.29, 1.82) is 0 Å². The van der Waals surface area contributed by atoms with Crippen molar-refractivity contribution < 1.29 is 22.7 Å². The van der Waals surface area contributed by atoms with E-state index in [1.807, 2.05) is 25.1 Å². The number of rotatable bonds is 7. The molecule has 1 N–H and O–H groups in total. The van der Waals surface area contributed by atoms with Gasteiger partial charge in [0.2, 0.25) is 15.9 Å². The molecule has 2 amide bonds. The van der Waals surface area contributed by atoms with E-state index in [1.54, 1.807) is 13.2 Å². The molecule has 5 atom stereocenters. The molecule has 50 heavy (non-hydrogen) atoms.